The topological polar surface area (TPSA) is 69.6 Å². The lowest BCUT2D eigenvalue weighted by atomic mass is 10.1. The number of aliphatic hydroxyl groups is 2. The second-order valence-corrected chi connectivity index (χ2v) is 5.45. The minimum atomic E-state index is -0.728. The van der Waals surface area contributed by atoms with Crippen LogP contribution in [0.5, 0.6) is 0 Å². The highest BCUT2D eigenvalue weighted by molar-refractivity contribution is 5.76. The van der Waals surface area contributed by atoms with Crippen LogP contribution in [-0.4, -0.2) is 34.9 Å². The van der Waals surface area contributed by atoms with E-state index >= 15 is 0 Å². The smallest absolute Gasteiger partial charge is 0.220 e. The fraction of sp³-hybridized carbons (Fsp3) is 0.800. The Hall–Kier alpha value is -0.870. The van der Waals surface area contributed by atoms with Gasteiger partial charge in [-0.1, -0.05) is 38.2 Å². The number of hydrogen-bond acceptors (Lipinski definition) is 3. The molecule has 0 aromatic rings. The van der Waals surface area contributed by atoms with E-state index in [0.29, 0.717) is 6.42 Å². The summed E-state index contributed by atoms with van der Waals surface area (Å²) in [6, 6.07) is -0.560. The van der Waals surface area contributed by atoms with Gasteiger partial charge in [-0.25, -0.2) is 0 Å². The maximum Gasteiger partial charge on any atom is 0.220 e. The molecule has 0 heterocycles. The summed E-state index contributed by atoms with van der Waals surface area (Å²) >= 11 is 0. The highest BCUT2D eigenvalue weighted by Gasteiger charge is 2.31. The van der Waals surface area contributed by atoms with Gasteiger partial charge in [0.05, 0.1) is 18.8 Å². The van der Waals surface area contributed by atoms with Crippen molar-refractivity contribution in [3.8, 4) is 0 Å². The Morgan fingerprint density at radius 1 is 1.32 bits per heavy atom. The number of carbonyl (C=O) groups excluding carboxylic acids is 1. The molecule has 1 aliphatic rings. The molecule has 4 heteroatoms. The van der Waals surface area contributed by atoms with Gasteiger partial charge in [0.25, 0.3) is 0 Å². The van der Waals surface area contributed by atoms with E-state index in [0.717, 1.165) is 24.8 Å². The van der Waals surface area contributed by atoms with Crippen molar-refractivity contribution in [1.29, 1.82) is 0 Å². The first-order valence-corrected chi connectivity index (χ1v) is 7.37. The number of hydrogen-bond donors (Lipinski definition) is 3. The molecular formula is C15H27NO3. The first kappa shape index (κ1) is 16.2. The van der Waals surface area contributed by atoms with Crippen LogP contribution in [0.4, 0.5) is 0 Å². The number of aliphatic hydroxyl groups excluding tert-OH is 2. The minimum Gasteiger partial charge on any atom is -0.394 e. The van der Waals surface area contributed by atoms with Crippen LogP contribution in [0, 0.1) is 0 Å². The number of rotatable bonds is 10. The molecule has 19 heavy (non-hydrogen) atoms. The van der Waals surface area contributed by atoms with Crippen LogP contribution < -0.4 is 5.32 Å². The highest BCUT2D eigenvalue weighted by atomic mass is 16.3. The van der Waals surface area contributed by atoms with E-state index < -0.39 is 12.1 Å². The third-order valence-corrected chi connectivity index (χ3v) is 3.67. The van der Waals surface area contributed by atoms with Gasteiger partial charge in [0, 0.05) is 6.42 Å². The van der Waals surface area contributed by atoms with Crippen molar-refractivity contribution in [3.05, 3.63) is 11.1 Å². The van der Waals surface area contributed by atoms with Crippen LogP contribution in [0.1, 0.15) is 58.8 Å². The van der Waals surface area contributed by atoms with Crippen molar-refractivity contribution in [3.63, 3.8) is 0 Å². The first-order valence-electron chi connectivity index (χ1n) is 7.37. The summed E-state index contributed by atoms with van der Waals surface area (Å²) in [5, 5.41) is 22.0. The molecule has 0 aliphatic heterocycles. The zero-order valence-corrected chi connectivity index (χ0v) is 12.1. The maximum absolute atomic E-state index is 11.7. The van der Waals surface area contributed by atoms with Crippen LogP contribution in [0.2, 0.25) is 0 Å². The third kappa shape index (κ3) is 5.74. The van der Waals surface area contributed by atoms with Gasteiger partial charge in [-0.15, -0.1) is 0 Å². The summed E-state index contributed by atoms with van der Waals surface area (Å²) in [6.45, 7) is 3.90. The molecule has 0 saturated heterocycles. The summed E-state index contributed by atoms with van der Waals surface area (Å²) in [6.07, 6.45) is 6.10. The fourth-order valence-electron chi connectivity index (χ4n) is 2.23. The molecule has 0 aromatic carbocycles. The molecule has 0 aromatic heterocycles. The van der Waals surface area contributed by atoms with E-state index in [4.69, 9.17) is 0 Å². The van der Waals surface area contributed by atoms with E-state index in [1.54, 1.807) is 0 Å². The lowest BCUT2D eigenvalue weighted by Crippen LogP contribution is -2.45. The van der Waals surface area contributed by atoms with E-state index in [2.05, 4.69) is 12.2 Å². The predicted molar refractivity (Wildman–Crippen MR) is 75.7 cm³/mol. The van der Waals surface area contributed by atoms with E-state index in [1.165, 1.54) is 24.8 Å². The van der Waals surface area contributed by atoms with Gasteiger partial charge in [-0.3, -0.25) is 4.79 Å². The molecule has 1 rings (SSSR count). The van der Waals surface area contributed by atoms with Gasteiger partial charge in [-0.2, -0.15) is 0 Å². The Balaban J connectivity index is 2.21. The third-order valence-electron chi connectivity index (χ3n) is 3.67. The monoisotopic (exact) mass is 269 g/mol. The van der Waals surface area contributed by atoms with Crippen LogP contribution in [-0.2, 0) is 4.79 Å². The lowest BCUT2D eigenvalue weighted by molar-refractivity contribution is -0.123. The van der Waals surface area contributed by atoms with Crippen molar-refractivity contribution < 1.29 is 15.0 Å². The molecule has 1 aliphatic carbocycles. The average molecular weight is 269 g/mol. The second kappa shape index (κ2) is 8.33. The molecule has 2 atom stereocenters. The van der Waals surface area contributed by atoms with Crippen molar-refractivity contribution in [2.75, 3.05) is 6.61 Å². The molecule has 1 amide bonds. The largest absolute Gasteiger partial charge is 0.394 e. The number of amides is 1. The van der Waals surface area contributed by atoms with E-state index in [-0.39, 0.29) is 12.5 Å². The van der Waals surface area contributed by atoms with Crippen LogP contribution in [0.25, 0.3) is 0 Å². The van der Waals surface area contributed by atoms with Crippen molar-refractivity contribution in [1.82, 2.24) is 5.32 Å². The molecule has 0 saturated carbocycles. The Labute approximate surface area is 115 Å². The quantitative estimate of drug-likeness (QED) is 0.419. The molecule has 3 N–H and O–H groups in total. The van der Waals surface area contributed by atoms with Crippen LogP contribution in [0.15, 0.2) is 11.1 Å². The van der Waals surface area contributed by atoms with Gasteiger partial charge in [0.1, 0.15) is 0 Å². The average Bonchev–Trinajstić information content (AvgIpc) is 3.12. The SMILES string of the molecule is CCCCCCCC(=O)N[C@@H](CO)[C@H](O)C1=C(C)C1. The Kier molecular flexibility index (Phi) is 7.10. The Morgan fingerprint density at radius 2 is 1.95 bits per heavy atom. The van der Waals surface area contributed by atoms with Gasteiger partial charge >= 0.3 is 0 Å². The number of unbranched alkanes of at least 4 members (excludes halogenated alkanes) is 4. The zero-order chi connectivity index (χ0) is 14.3. The predicted octanol–water partition coefficient (Wildman–Crippen LogP) is 1.91. The molecule has 0 unspecified atom stereocenters. The van der Waals surface area contributed by atoms with E-state index in [1.807, 2.05) is 6.92 Å². The number of carbonyl (C=O) groups is 1. The lowest BCUT2D eigenvalue weighted by Gasteiger charge is -2.20. The molecule has 0 bridgehead atoms. The van der Waals surface area contributed by atoms with E-state index in [9.17, 15) is 15.0 Å². The van der Waals surface area contributed by atoms with Gasteiger partial charge < -0.3 is 15.5 Å². The number of nitrogens with one attached hydrogen (secondary N) is 1. The standard InChI is InChI=1S/C15H27NO3/c1-3-4-5-6-7-8-14(18)16-13(10-17)15(19)12-9-11(12)2/h13,15,17,19H,3-10H2,1-2H3,(H,16,18)/t13-,15+/m0/s1. The Morgan fingerprint density at radius 3 is 2.47 bits per heavy atom. The molecule has 110 valence electrons. The van der Waals surface area contributed by atoms with Crippen molar-refractivity contribution in [2.24, 2.45) is 0 Å². The summed E-state index contributed by atoms with van der Waals surface area (Å²) in [5.41, 5.74) is 2.13. The molecular weight excluding hydrogens is 242 g/mol. The summed E-state index contributed by atoms with van der Waals surface area (Å²) in [5.74, 6) is -0.0755. The van der Waals surface area contributed by atoms with Gasteiger partial charge in [0.2, 0.25) is 5.91 Å². The minimum absolute atomic E-state index is 0.0755. The first-order chi connectivity index (χ1) is 9.10. The van der Waals surface area contributed by atoms with Gasteiger partial charge in [-0.05, 0) is 25.3 Å². The molecule has 0 spiro atoms. The van der Waals surface area contributed by atoms with Crippen molar-refractivity contribution >= 4 is 5.91 Å². The summed E-state index contributed by atoms with van der Waals surface area (Å²) < 4.78 is 0. The molecule has 0 fully saturated rings. The molecule has 0 radical (unpaired) electrons. The van der Waals surface area contributed by atoms with Gasteiger partial charge in [0.15, 0.2) is 0 Å². The summed E-state index contributed by atoms with van der Waals surface area (Å²) in [4.78, 5) is 11.7. The normalized spacial score (nSPS) is 17.3. The number of allylic oxidation sites excluding steroid dienone is 1. The van der Waals surface area contributed by atoms with Crippen molar-refractivity contribution in [2.45, 2.75) is 70.9 Å². The molecule has 4 nitrogen and oxygen atoms in total. The second-order valence-electron chi connectivity index (χ2n) is 5.45. The summed E-state index contributed by atoms with van der Waals surface area (Å²) in [7, 11) is 0. The Bertz CT molecular complexity index is 325. The fourth-order valence-corrected chi connectivity index (χ4v) is 2.23. The highest BCUT2D eigenvalue weighted by Crippen LogP contribution is 2.34. The van der Waals surface area contributed by atoms with Crippen LogP contribution in [0.3, 0.4) is 0 Å². The zero-order valence-electron chi connectivity index (χ0n) is 12.1. The van der Waals surface area contributed by atoms with Crippen LogP contribution >= 0.6 is 0 Å². The maximum atomic E-state index is 11.7.